The van der Waals surface area contributed by atoms with Gasteiger partial charge in [0.15, 0.2) is 0 Å². The molecule has 0 saturated carbocycles. The number of hydrogen-bond donors (Lipinski definition) is 1. The first-order chi connectivity index (χ1) is 6.94. The van der Waals surface area contributed by atoms with Crippen molar-refractivity contribution >= 4 is 5.91 Å². The van der Waals surface area contributed by atoms with Crippen LogP contribution in [-0.4, -0.2) is 47.3 Å². The molecule has 0 spiro atoms. The molecule has 1 N–H and O–H groups in total. The normalized spacial score (nSPS) is 21.7. The highest BCUT2D eigenvalue weighted by Crippen LogP contribution is 2.16. The van der Waals surface area contributed by atoms with Gasteiger partial charge in [0.05, 0.1) is 5.60 Å². The van der Waals surface area contributed by atoms with Gasteiger partial charge in [-0.3, -0.25) is 4.79 Å². The van der Waals surface area contributed by atoms with Gasteiger partial charge in [-0.2, -0.15) is 0 Å². The van der Waals surface area contributed by atoms with Crippen molar-refractivity contribution in [3.05, 3.63) is 0 Å². The van der Waals surface area contributed by atoms with E-state index in [-0.39, 0.29) is 12.0 Å². The predicted molar refractivity (Wildman–Crippen MR) is 57.5 cm³/mol. The number of carbonyl (C=O) groups is 1. The summed E-state index contributed by atoms with van der Waals surface area (Å²) in [5.41, 5.74) is -0.843. The predicted octanol–water partition coefficient (Wildman–Crippen LogP) is 0.785. The molecular weight excluding hydrogens is 194 g/mol. The molecule has 1 amide bonds. The molecule has 15 heavy (non-hydrogen) atoms. The van der Waals surface area contributed by atoms with Crippen LogP contribution in [0.3, 0.4) is 0 Å². The zero-order valence-electron chi connectivity index (χ0n) is 9.82. The molecule has 0 aromatic rings. The van der Waals surface area contributed by atoms with E-state index in [1.165, 1.54) is 0 Å². The van der Waals surface area contributed by atoms with Crippen LogP contribution in [0, 0.1) is 0 Å². The highest BCUT2D eigenvalue weighted by molar-refractivity contribution is 5.81. The minimum absolute atomic E-state index is 0.0112. The molecule has 1 aliphatic rings. The summed E-state index contributed by atoms with van der Waals surface area (Å²) in [6.45, 7) is 6.98. The zero-order chi connectivity index (χ0) is 11.5. The third-order valence-electron chi connectivity index (χ3n) is 2.48. The maximum absolute atomic E-state index is 11.9. The van der Waals surface area contributed by atoms with Gasteiger partial charge < -0.3 is 14.7 Å². The van der Waals surface area contributed by atoms with Crippen LogP contribution in [0.15, 0.2) is 0 Å². The molecule has 0 aromatic heterocycles. The fourth-order valence-electron chi connectivity index (χ4n) is 1.79. The number of hydrogen-bond acceptors (Lipinski definition) is 3. The van der Waals surface area contributed by atoms with Gasteiger partial charge in [-0.15, -0.1) is 0 Å². The molecule has 1 saturated heterocycles. The summed E-state index contributed by atoms with van der Waals surface area (Å²) in [5.74, 6) is 0.0112. The smallest absolute Gasteiger partial charge is 0.251 e. The second-order valence-corrected chi connectivity index (χ2v) is 4.67. The standard InChI is InChI=1S/C11H21NO3/c1-4-12(8-11(2,3)14)10(13)9-6-5-7-15-9/h9,14H,4-8H2,1-3H3/t9-/m0/s1. The number of rotatable bonds is 4. The van der Waals surface area contributed by atoms with Gasteiger partial charge in [-0.1, -0.05) is 0 Å². The van der Waals surface area contributed by atoms with Gasteiger partial charge in [0.2, 0.25) is 0 Å². The molecular formula is C11H21NO3. The SMILES string of the molecule is CCN(CC(C)(C)O)C(=O)[C@@H]1CCCO1. The van der Waals surface area contributed by atoms with Crippen molar-refractivity contribution in [2.75, 3.05) is 19.7 Å². The molecule has 0 aliphatic carbocycles. The van der Waals surface area contributed by atoms with Crippen LogP contribution in [0.4, 0.5) is 0 Å². The Hall–Kier alpha value is -0.610. The van der Waals surface area contributed by atoms with E-state index >= 15 is 0 Å². The average Bonchev–Trinajstić information content (AvgIpc) is 2.64. The van der Waals surface area contributed by atoms with Crippen molar-refractivity contribution in [1.82, 2.24) is 4.90 Å². The summed E-state index contributed by atoms with van der Waals surface area (Å²) in [4.78, 5) is 13.6. The quantitative estimate of drug-likeness (QED) is 0.754. The molecule has 1 aliphatic heterocycles. The van der Waals surface area contributed by atoms with Crippen molar-refractivity contribution in [3.63, 3.8) is 0 Å². The molecule has 1 rings (SSSR count). The van der Waals surface area contributed by atoms with E-state index in [1.807, 2.05) is 6.92 Å². The number of amides is 1. The third-order valence-corrected chi connectivity index (χ3v) is 2.48. The second-order valence-electron chi connectivity index (χ2n) is 4.67. The Kier molecular flexibility index (Phi) is 4.11. The molecule has 0 bridgehead atoms. The lowest BCUT2D eigenvalue weighted by Crippen LogP contribution is -2.46. The number of aliphatic hydroxyl groups is 1. The number of nitrogens with zero attached hydrogens (tertiary/aromatic N) is 1. The van der Waals surface area contributed by atoms with E-state index in [9.17, 15) is 9.90 Å². The average molecular weight is 215 g/mol. The lowest BCUT2D eigenvalue weighted by Gasteiger charge is -2.29. The molecule has 4 nitrogen and oxygen atoms in total. The van der Waals surface area contributed by atoms with Crippen LogP contribution < -0.4 is 0 Å². The summed E-state index contributed by atoms with van der Waals surface area (Å²) in [5, 5.41) is 9.68. The van der Waals surface area contributed by atoms with Gasteiger partial charge in [-0.25, -0.2) is 0 Å². The summed E-state index contributed by atoms with van der Waals surface area (Å²) in [6, 6.07) is 0. The lowest BCUT2D eigenvalue weighted by molar-refractivity contribution is -0.143. The highest BCUT2D eigenvalue weighted by atomic mass is 16.5. The Balaban J connectivity index is 2.53. The van der Waals surface area contributed by atoms with Crippen molar-refractivity contribution in [2.45, 2.75) is 45.3 Å². The largest absolute Gasteiger partial charge is 0.389 e. The molecule has 4 heteroatoms. The maximum Gasteiger partial charge on any atom is 0.251 e. The Labute approximate surface area is 91.2 Å². The van der Waals surface area contributed by atoms with E-state index in [0.717, 1.165) is 12.8 Å². The van der Waals surface area contributed by atoms with E-state index in [0.29, 0.717) is 19.7 Å². The molecule has 88 valence electrons. The second kappa shape index (κ2) is 4.94. The summed E-state index contributed by atoms with van der Waals surface area (Å²) in [6.07, 6.45) is 1.48. The first-order valence-corrected chi connectivity index (χ1v) is 5.57. The topological polar surface area (TPSA) is 49.8 Å². The van der Waals surface area contributed by atoms with E-state index in [2.05, 4.69) is 0 Å². The Morgan fingerprint density at radius 1 is 1.60 bits per heavy atom. The Morgan fingerprint density at radius 3 is 2.67 bits per heavy atom. The van der Waals surface area contributed by atoms with Crippen LogP contribution in [0.2, 0.25) is 0 Å². The minimum Gasteiger partial charge on any atom is -0.389 e. The van der Waals surface area contributed by atoms with Crippen LogP contribution in [0.25, 0.3) is 0 Å². The van der Waals surface area contributed by atoms with E-state index in [4.69, 9.17) is 4.74 Å². The fraction of sp³-hybridized carbons (Fsp3) is 0.909. The van der Waals surface area contributed by atoms with E-state index in [1.54, 1.807) is 18.7 Å². The van der Waals surface area contributed by atoms with Gasteiger partial charge in [-0.05, 0) is 33.6 Å². The molecule has 0 radical (unpaired) electrons. The van der Waals surface area contributed by atoms with Crippen molar-refractivity contribution in [1.29, 1.82) is 0 Å². The molecule has 0 unspecified atom stereocenters. The van der Waals surface area contributed by atoms with Crippen molar-refractivity contribution in [2.24, 2.45) is 0 Å². The first-order valence-electron chi connectivity index (χ1n) is 5.57. The lowest BCUT2D eigenvalue weighted by atomic mass is 10.1. The summed E-state index contributed by atoms with van der Waals surface area (Å²) < 4.78 is 5.34. The van der Waals surface area contributed by atoms with Crippen LogP contribution in [-0.2, 0) is 9.53 Å². The van der Waals surface area contributed by atoms with Crippen molar-refractivity contribution < 1.29 is 14.6 Å². The number of ether oxygens (including phenoxy) is 1. The van der Waals surface area contributed by atoms with Crippen LogP contribution in [0.1, 0.15) is 33.6 Å². The number of carbonyl (C=O) groups excluding carboxylic acids is 1. The maximum atomic E-state index is 11.9. The molecule has 0 aromatic carbocycles. The minimum atomic E-state index is -0.843. The molecule has 1 heterocycles. The highest BCUT2D eigenvalue weighted by Gasteiger charge is 2.29. The van der Waals surface area contributed by atoms with Crippen LogP contribution >= 0.6 is 0 Å². The van der Waals surface area contributed by atoms with Gasteiger partial charge in [0.25, 0.3) is 5.91 Å². The van der Waals surface area contributed by atoms with Gasteiger partial charge >= 0.3 is 0 Å². The molecule has 1 fully saturated rings. The summed E-state index contributed by atoms with van der Waals surface area (Å²) in [7, 11) is 0. The van der Waals surface area contributed by atoms with Crippen LogP contribution in [0.5, 0.6) is 0 Å². The Bertz CT molecular complexity index is 216. The monoisotopic (exact) mass is 215 g/mol. The number of likely N-dealkylation sites (N-methyl/N-ethyl adjacent to an activating group) is 1. The zero-order valence-corrected chi connectivity index (χ0v) is 9.82. The first kappa shape index (κ1) is 12.5. The molecule has 1 atom stereocenters. The van der Waals surface area contributed by atoms with Gasteiger partial charge in [0.1, 0.15) is 6.10 Å². The third kappa shape index (κ3) is 3.80. The van der Waals surface area contributed by atoms with Gasteiger partial charge in [0, 0.05) is 19.7 Å². The summed E-state index contributed by atoms with van der Waals surface area (Å²) >= 11 is 0. The Morgan fingerprint density at radius 2 is 2.27 bits per heavy atom. The fourth-order valence-corrected chi connectivity index (χ4v) is 1.79. The van der Waals surface area contributed by atoms with Crippen molar-refractivity contribution in [3.8, 4) is 0 Å². The van der Waals surface area contributed by atoms with E-state index < -0.39 is 5.60 Å².